The fourth-order valence-corrected chi connectivity index (χ4v) is 3.61. The number of para-hydroxylation sites is 1. The first-order chi connectivity index (χ1) is 13.6. The van der Waals surface area contributed by atoms with Crippen molar-refractivity contribution in [2.75, 3.05) is 23.3 Å². The summed E-state index contributed by atoms with van der Waals surface area (Å²) in [7, 11) is 0. The standard InChI is InChI=1S/C20H21ClN6O/c1-14-22-8-11-27(14)19-12-18(23-13-24-19)26-9-6-15(7-10-26)20(28)25-17-5-3-2-4-16(17)21/h2-5,8,11-13,15H,6-7,9-10H2,1H3,(H,25,28). The molecule has 0 saturated carbocycles. The molecule has 28 heavy (non-hydrogen) atoms. The normalized spacial score (nSPS) is 14.9. The predicted octanol–water partition coefficient (Wildman–Crippen LogP) is 3.48. The van der Waals surface area contributed by atoms with Gasteiger partial charge in [0.1, 0.15) is 23.8 Å². The van der Waals surface area contributed by atoms with E-state index in [1.54, 1.807) is 18.6 Å². The zero-order chi connectivity index (χ0) is 19.5. The van der Waals surface area contributed by atoms with Gasteiger partial charge in [0.2, 0.25) is 5.91 Å². The third-order valence-electron chi connectivity index (χ3n) is 5.03. The van der Waals surface area contributed by atoms with Crippen molar-refractivity contribution in [1.29, 1.82) is 0 Å². The first kappa shape index (κ1) is 18.4. The van der Waals surface area contributed by atoms with Crippen molar-refractivity contribution in [1.82, 2.24) is 19.5 Å². The minimum atomic E-state index is -0.0373. The number of nitrogens with one attached hydrogen (secondary N) is 1. The molecule has 1 aliphatic heterocycles. The summed E-state index contributed by atoms with van der Waals surface area (Å²) in [5, 5.41) is 3.50. The summed E-state index contributed by atoms with van der Waals surface area (Å²) in [5.74, 6) is 2.51. The Hall–Kier alpha value is -2.93. The van der Waals surface area contributed by atoms with E-state index in [-0.39, 0.29) is 11.8 Å². The number of rotatable bonds is 4. The largest absolute Gasteiger partial charge is 0.356 e. The minimum absolute atomic E-state index is 0.0187. The van der Waals surface area contributed by atoms with Crippen LogP contribution in [0.25, 0.3) is 5.82 Å². The van der Waals surface area contributed by atoms with E-state index in [9.17, 15) is 4.79 Å². The highest BCUT2D eigenvalue weighted by Gasteiger charge is 2.26. The summed E-state index contributed by atoms with van der Waals surface area (Å²) in [4.78, 5) is 27.8. The van der Waals surface area contributed by atoms with E-state index in [0.717, 1.165) is 43.4 Å². The van der Waals surface area contributed by atoms with Crippen LogP contribution in [0.2, 0.25) is 5.02 Å². The molecule has 1 saturated heterocycles. The molecule has 1 N–H and O–H groups in total. The van der Waals surface area contributed by atoms with Gasteiger partial charge in [0.25, 0.3) is 0 Å². The van der Waals surface area contributed by atoms with Crippen molar-refractivity contribution in [2.24, 2.45) is 5.92 Å². The number of amides is 1. The molecule has 7 nitrogen and oxygen atoms in total. The fraction of sp³-hybridized carbons (Fsp3) is 0.300. The van der Waals surface area contributed by atoms with E-state index >= 15 is 0 Å². The summed E-state index contributed by atoms with van der Waals surface area (Å²) in [6.45, 7) is 3.46. The van der Waals surface area contributed by atoms with Gasteiger partial charge >= 0.3 is 0 Å². The highest BCUT2D eigenvalue weighted by molar-refractivity contribution is 6.33. The average Bonchev–Trinajstić information content (AvgIpc) is 3.16. The van der Waals surface area contributed by atoms with Crippen LogP contribution >= 0.6 is 11.6 Å². The lowest BCUT2D eigenvalue weighted by atomic mass is 9.96. The van der Waals surface area contributed by atoms with Gasteiger partial charge in [-0.05, 0) is 31.9 Å². The Kier molecular flexibility index (Phi) is 5.25. The van der Waals surface area contributed by atoms with Crippen LogP contribution < -0.4 is 10.2 Å². The summed E-state index contributed by atoms with van der Waals surface area (Å²) >= 11 is 6.14. The van der Waals surface area contributed by atoms with E-state index in [0.29, 0.717) is 10.7 Å². The highest BCUT2D eigenvalue weighted by atomic mass is 35.5. The summed E-state index contributed by atoms with van der Waals surface area (Å²) in [6, 6.07) is 9.25. The van der Waals surface area contributed by atoms with Gasteiger partial charge in [-0.3, -0.25) is 9.36 Å². The van der Waals surface area contributed by atoms with Gasteiger partial charge in [0.15, 0.2) is 0 Å². The van der Waals surface area contributed by atoms with Gasteiger partial charge in [-0.25, -0.2) is 15.0 Å². The molecule has 144 valence electrons. The summed E-state index contributed by atoms with van der Waals surface area (Å²) in [5.41, 5.74) is 0.660. The number of piperidine rings is 1. The second kappa shape index (κ2) is 7.98. The second-order valence-corrected chi connectivity index (χ2v) is 7.22. The molecule has 1 aliphatic rings. The van der Waals surface area contributed by atoms with Crippen LogP contribution in [0.15, 0.2) is 49.1 Å². The Bertz CT molecular complexity index is 980. The molecule has 4 rings (SSSR count). The Morgan fingerprint density at radius 1 is 1.14 bits per heavy atom. The van der Waals surface area contributed by atoms with E-state index < -0.39 is 0 Å². The molecule has 3 aromatic rings. The zero-order valence-corrected chi connectivity index (χ0v) is 16.3. The number of carbonyl (C=O) groups is 1. The fourth-order valence-electron chi connectivity index (χ4n) is 3.43. The number of aromatic nitrogens is 4. The Morgan fingerprint density at radius 3 is 2.61 bits per heavy atom. The van der Waals surface area contributed by atoms with Crippen molar-refractivity contribution in [3.05, 3.63) is 59.9 Å². The molecule has 3 heterocycles. The predicted molar refractivity (Wildman–Crippen MR) is 109 cm³/mol. The average molecular weight is 397 g/mol. The lowest BCUT2D eigenvalue weighted by Gasteiger charge is -2.32. The molecule has 0 atom stereocenters. The molecular weight excluding hydrogens is 376 g/mol. The second-order valence-electron chi connectivity index (χ2n) is 6.81. The number of anilines is 2. The monoisotopic (exact) mass is 396 g/mol. The van der Waals surface area contributed by atoms with E-state index in [2.05, 4.69) is 25.2 Å². The van der Waals surface area contributed by atoms with Crippen molar-refractivity contribution < 1.29 is 4.79 Å². The number of benzene rings is 1. The Morgan fingerprint density at radius 2 is 1.89 bits per heavy atom. The number of hydrogen-bond acceptors (Lipinski definition) is 5. The number of halogens is 1. The van der Waals surface area contributed by atoms with Crippen molar-refractivity contribution in [2.45, 2.75) is 19.8 Å². The number of carbonyl (C=O) groups excluding carboxylic acids is 1. The van der Waals surface area contributed by atoms with Gasteiger partial charge in [-0.15, -0.1) is 0 Å². The molecule has 0 bridgehead atoms. The minimum Gasteiger partial charge on any atom is -0.356 e. The smallest absolute Gasteiger partial charge is 0.227 e. The first-order valence-corrected chi connectivity index (χ1v) is 9.62. The molecule has 0 aliphatic carbocycles. The topological polar surface area (TPSA) is 75.9 Å². The summed E-state index contributed by atoms with van der Waals surface area (Å²) < 4.78 is 1.93. The number of aryl methyl sites for hydroxylation is 1. The molecule has 8 heteroatoms. The quantitative estimate of drug-likeness (QED) is 0.730. The van der Waals surface area contributed by atoms with Gasteiger partial charge in [0, 0.05) is 37.5 Å². The third kappa shape index (κ3) is 3.84. The van der Waals surface area contributed by atoms with Crippen LogP contribution in [0, 0.1) is 12.8 Å². The van der Waals surface area contributed by atoms with Crippen molar-refractivity contribution in [3.8, 4) is 5.82 Å². The van der Waals surface area contributed by atoms with Crippen LogP contribution in [-0.4, -0.2) is 38.5 Å². The molecule has 0 unspecified atom stereocenters. The van der Waals surface area contributed by atoms with Crippen LogP contribution in [0.4, 0.5) is 11.5 Å². The first-order valence-electron chi connectivity index (χ1n) is 9.24. The van der Waals surface area contributed by atoms with Crippen LogP contribution in [0.3, 0.4) is 0 Å². The molecule has 1 fully saturated rings. The number of nitrogens with zero attached hydrogens (tertiary/aromatic N) is 5. The Labute approximate surface area is 168 Å². The maximum atomic E-state index is 12.6. The maximum absolute atomic E-state index is 12.6. The molecule has 1 amide bonds. The molecule has 0 radical (unpaired) electrons. The van der Waals surface area contributed by atoms with Gasteiger partial charge in [0.05, 0.1) is 10.7 Å². The van der Waals surface area contributed by atoms with Crippen LogP contribution in [-0.2, 0) is 4.79 Å². The summed E-state index contributed by atoms with van der Waals surface area (Å²) in [6.07, 6.45) is 6.73. The number of hydrogen-bond donors (Lipinski definition) is 1. The van der Waals surface area contributed by atoms with Crippen molar-refractivity contribution >= 4 is 29.0 Å². The van der Waals surface area contributed by atoms with Crippen LogP contribution in [0.1, 0.15) is 18.7 Å². The van der Waals surface area contributed by atoms with E-state index in [1.165, 1.54) is 0 Å². The highest BCUT2D eigenvalue weighted by Crippen LogP contribution is 2.26. The maximum Gasteiger partial charge on any atom is 0.227 e. The molecule has 1 aromatic carbocycles. The lowest BCUT2D eigenvalue weighted by Crippen LogP contribution is -2.38. The van der Waals surface area contributed by atoms with E-state index in [1.807, 2.05) is 42.0 Å². The Balaban J connectivity index is 1.40. The molecule has 0 spiro atoms. The lowest BCUT2D eigenvalue weighted by molar-refractivity contribution is -0.120. The molecule has 2 aromatic heterocycles. The van der Waals surface area contributed by atoms with Gasteiger partial charge < -0.3 is 10.2 Å². The van der Waals surface area contributed by atoms with E-state index in [4.69, 9.17) is 11.6 Å². The SMILES string of the molecule is Cc1nccn1-c1cc(N2CCC(C(=O)Nc3ccccc3Cl)CC2)ncn1. The molecular formula is C20H21ClN6O. The van der Waals surface area contributed by atoms with Crippen LogP contribution in [0.5, 0.6) is 0 Å². The number of imidazole rings is 1. The third-order valence-corrected chi connectivity index (χ3v) is 5.36. The zero-order valence-electron chi connectivity index (χ0n) is 15.5. The van der Waals surface area contributed by atoms with Crippen molar-refractivity contribution in [3.63, 3.8) is 0 Å². The van der Waals surface area contributed by atoms with Gasteiger partial charge in [-0.2, -0.15) is 0 Å². The van der Waals surface area contributed by atoms with Gasteiger partial charge in [-0.1, -0.05) is 23.7 Å².